The van der Waals surface area contributed by atoms with Gasteiger partial charge in [0.15, 0.2) is 0 Å². The van der Waals surface area contributed by atoms with E-state index in [1.807, 2.05) is 6.92 Å². The number of phenolic OH excluding ortho intramolecular Hbond substituents is 1. The molecule has 0 saturated heterocycles. The first-order valence-corrected chi connectivity index (χ1v) is 8.48. The molecule has 0 aromatic heterocycles. The number of phenols is 1. The van der Waals surface area contributed by atoms with E-state index in [0.29, 0.717) is 17.9 Å². The molecule has 0 aliphatic heterocycles. The Hall–Kier alpha value is -2.90. The summed E-state index contributed by atoms with van der Waals surface area (Å²) in [5.74, 6) is -1.34. The molecule has 27 heavy (non-hydrogen) atoms. The molecule has 0 bridgehead atoms. The summed E-state index contributed by atoms with van der Waals surface area (Å²) in [5, 5.41) is 30.1. The van der Waals surface area contributed by atoms with Gasteiger partial charge in [0, 0.05) is 19.9 Å². The van der Waals surface area contributed by atoms with Crippen LogP contribution in [0.25, 0.3) is 0 Å². The molecule has 1 atom stereocenters. The zero-order chi connectivity index (χ0) is 20.0. The molecule has 2 aromatic carbocycles. The highest BCUT2D eigenvalue weighted by atomic mass is 16.5. The average molecular weight is 373 g/mol. The Bertz CT molecular complexity index is 785. The summed E-state index contributed by atoms with van der Waals surface area (Å²) >= 11 is 0. The molecule has 0 aliphatic rings. The lowest BCUT2D eigenvalue weighted by atomic mass is 9.83. The number of ketones is 1. The number of hydrogen-bond donors (Lipinski definition) is 3. The summed E-state index contributed by atoms with van der Waals surface area (Å²) in [6.45, 7) is 2.40. The largest absolute Gasteiger partial charge is 0.508 e. The van der Waals surface area contributed by atoms with Crippen molar-refractivity contribution in [3.8, 4) is 11.5 Å². The van der Waals surface area contributed by atoms with Gasteiger partial charge in [-0.2, -0.15) is 0 Å². The third-order valence-electron chi connectivity index (χ3n) is 4.12. The number of aliphatic hydroxyl groups is 1. The van der Waals surface area contributed by atoms with Crippen LogP contribution in [0.3, 0.4) is 0 Å². The minimum absolute atomic E-state index is 0.0136. The highest BCUT2D eigenvalue weighted by Gasteiger charge is 2.35. The Morgan fingerprint density at radius 2 is 1.67 bits per heavy atom. The van der Waals surface area contributed by atoms with E-state index < -0.39 is 23.7 Å². The number of aromatic hydroxyl groups is 1. The maximum absolute atomic E-state index is 12.2. The van der Waals surface area contributed by atoms with Crippen LogP contribution in [0.5, 0.6) is 11.5 Å². The molecule has 2 rings (SSSR count). The SMILES string of the molecule is CCOc1ccc(CC(O)(CC(=O)C(=O)N(C)O)c2ccc(O)cc2)cc1. The zero-order valence-electron chi connectivity index (χ0n) is 15.3. The van der Waals surface area contributed by atoms with Crippen LogP contribution >= 0.6 is 0 Å². The average Bonchev–Trinajstić information content (AvgIpc) is 2.63. The summed E-state index contributed by atoms with van der Waals surface area (Å²) in [7, 11) is 1.05. The van der Waals surface area contributed by atoms with Gasteiger partial charge in [-0.3, -0.25) is 14.8 Å². The van der Waals surface area contributed by atoms with Crippen molar-refractivity contribution in [2.45, 2.75) is 25.4 Å². The van der Waals surface area contributed by atoms with Crippen molar-refractivity contribution in [2.24, 2.45) is 0 Å². The Balaban J connectivity index is 2.32. The third-order valence-corrected chi connectivity index (χ3v) is 4.12. The normalized spacial score (nSPS) is 12.9. The van der Waals surface area contributed by atoms with Crippen LogP contribution in [0.4, 0.5) is 0 Å². The number of carbonyl (C=O) groups excluding carboxylic acids is 2. The van der Waals surface area contributed by atoms with Gasteiger partial charge in [0.25, 0.3) is 0 Å². The molecule has 0 spiro atoms. The first-order chi connectivity index (χ1) is 12.7. The number of hydroxylamine groups is 2. The predicted octanol–water partition coefficient (Wildman–Crippen LogP) is 2.03. The molecule has 0 aliphatic carbocycles. The number of nitrogens with zero attached hydrogens (tertiary/aromatic N) is 1. The first kappa shape index (κ1) is 20.4. The van der Waals surface area contributed by atoms with Crippen LogP contribution in [-0.2, 0) is 21.6 Å². The summed E-state index contributed by atoms with van der Waals surface area (Å²) in [4.78, 5) is 23.9. The van der Waals surface area contributed by atoms with E-state index in [9.17, 15) is 25.0 Å². The van der Waals surface area contributed by atoms with Crippen LogP contribution in [-0.4, -0.2) is 45.8 Å². The molecular weight excluding hydrogens is 350 g/mol. The van der Waals surface area contributed by atoms with Crippen LogP contribution < -0.4 is 4.74 Å². The van der Waals surface area contributed by atoms with E-state index in [0.717, 1.165) is 12.6 Å². The Kier molecular flexibility index (Phi) is 6.55. The smallest absolute Gasteiger partial charge is 0.313 e. The van der Waals surface area contributed by atoms with Gasteiger partial charge in [-0.05, 0) is 42.3 Å². The molecule has 1 unspecified atom stereocenters. The number of amides is 1. The molecule has 0 heterocycles. The van der Waals surface area contributed by atoms with Gasteiger partial charge in [0.2, 0.25) is 5.78 Å². The highest BCUT2D eigenvalue weighted by molar-refractivity contribution is 6.35. The molecule has 2 aromatic rings. The van der Waals surface area contributed by atoms with Gasteiger partial charge in [-0.25, -0.2) is 5.06 Å². The molecule has 1 amide bonds. The van der Waals surface area contributed by atoms with Crippen molar-refractivity contribution in [2.75, 3.05) is 13.7 Å². The van der Waals surface area contributed by atoms with Gasteiger partial charge in [0.05, 0.1) is 6.61 Å². The second kappa shape index (κ2) is 8.66. The van der Waals surface area contributed by atoms with Crippen LogP contribution in [0.1, 0.15) is 24.5 Å². The van der Waals surface area contributed by atoms with Crippen molar-refractivity contribution >= 4 is 11.7 Å². The number of rotatable bonds is 8. The van der Waals surface area contributed by atoms with Gasteiger partial charge in [-0.15, -0.1) is 0 Å². The molecule has 0 radical (unpaired) electrons. The standard InChI is InChI=1S/C20H23NO6/c1-3-27-17-10-4-14(5-11-17)12-20(25,13-18(23)19(24)21(2)26)15-6-8-16(22)9-7-15/h4-11,22,25-26H,3,12-13H2,1-2H3. The van der Waals surface area contributed by atoms with Gasteiger partial charge in [-0.1, -0.05) is 24.3 Å². The number of benzene rings is 2. The van der Waals surface area contributed by atoms with Gasteiger partial charge >= 0.3 is 5.91 Å². The summed E-state index contributed by atoms with van der Waals surface area (Å²) < 4.78 is 5.39. The topological polar surface area (TPSA) is 107 Å². The Morgan fingerprint density at radius 3 is 2.19 bits per heavy atom. The molecule has 7 nitrogen and oxygen atoms in total. The Labute approximate surface area is 157 Å². The first-order valence-electron chi connectivity index (χ1n) is 8.48. The van der Waals surface area contributed by atoms with E-state index in [4.69, 9.17) is 4.74 Å². The summed E-state index contributed by atoms with van der Waals surface area (Å²) in [6, 6.07) is 12.8. The van der Waals surface area contributed by atoms with Crippen LogP contribution in [0.2, 0.25) is 0 Å². The molecule has 7 heteroatoms. The van der Waals surface area contributed by atoms with Crippen molar-refractivity contribution in [1.82, 2.24) is 5.06 Å². The summed E-state index contributed by atoms with van der Waals surface area (Å²) in [6.07, 6.45) is -0.465. The number of ether oxygens (including phenoxy) is 1. The molecule has 144 valence electrons. The lowest BCUT2D eigenvalue weighted by Gasteiger charge is -2.28. The van der Waals surface area contributed by atoms with E-state index in [2.05, 4.69) is 0 Å². The van der Waals surface area contributed by atoms with Crippen molar-refractivity contribution < 1.29 is 29.7 Å². The van der Waals surface area contributed by atoms with Crippen LogP contribution in [0.15, 0.2) is 48.5 Å². The molecule has 0 fully saturated rings. The van der Waals surface area contributed by atoms with Gasteiger partial charge in [0.1, 0.15) is 17.1 Å². The summed E-state index contributed by atoms with van der Waals surface area (Å²) in [5.41, 5.74) is -0.591. The predicted molar refractivity (Wildman–Crippen MR) is 97.5 cm³/mol. The second-order valence-corrected chi connectivity index (χ2v) is 6.26. The maximum atomic E-state index is 12.2. The van der Waals surface area contributed by atoms with E-state index in [1.54, 1.807) is 24.3 Å². The quantitative estimate of drug-likeness (QED) is 0.371. The molecular formula is C20H23NO6. The number of likely N-dealkylation sites (N-methyl/N-ethyl adjacent to an activating group) is 1. The van der Waals surface area contributed by atoms with Crippen molar-refractivity contribution in [3.05, 3.63) is 59.7 Å². The fourth-order valence-electron chi connectivity index (χ4n) is 2.77. The van der Waals surface area contributed by atoms with Crippen LogP contribution in [0, 0.1) is 0 Å². The maximum Gasteiger partial charge on any atom is 0.313 e. The van der Waals surface area contributed by atoms with E-state index >= 15 is 0 Å². The third kappa shape index (κ3) is 5.29. The van der Waals surface area contributed by atoms with E-state index in [1.165, 1.54) is 24.3 Å². The van der Waals surface area contributed by atoms with Gasteiger partial charge < -0.3 is 14.9 Å². The monoisotopic (exact) mass is 373 g/mol. The lowest BCUT2D eigenvalue weighted by Crippen LogP contribution is -2.38. The minimum Gasteiger partial charge on any atom is -0.508 e. The van der Waals surface area contributed by atoms with Crippen molar-refractivity contribution in [1.29, 1.82) is 0 Å². The molecule has 0 saturated carbocycles. The number of carbonyl (C=O) groups is 2. The van der Waals surface area contributed by atoms with E-state index in [-0.39, 0.29) is 17.2 Å². The number of Topliss-reactive ketones (excluding diaryl/α,β-unsaturated/α-hetero) is 1. The second-order valence-electron chi connectivity index (χ2n) is 6.26. The fraction of sp³-hybridized carbons (Fsp3) is 0.300. The lowest BCUT2D eigenvalue weighted by molar-refractivity contribution is -0.167. The number of hydrogen-bond acceptors (Lipinski definition) is 6. The minimum atomic E-state index is -1.69. The molecule has 3 N–H and O–H groups in total. The fourth-order valence-corrected chi connectivity index (χ4v) is 2.77. The zero-order valence-corrected chi connectivity index (χ0v) is 15.3. The Morgan fingerprint density at radius 1 is 1.07 bits per heavy atom. The highest BCUT2D eigenvalue weighted by Crippen LogP contribution is 2.31. The van der Waals surface area contributed by atoms with Crippen molar-refractivity contribution in [3.63, 3.8) is 0 Å².